The van der Waals surface area contributed by atoms with Crippen molar-refractivity contribution in [1.29, 1.82) is 0 Å². The zero-order chi connectivity index (χ0) is 13.0. The molecular formula is C15H29NO2. The lowest BCUT2D eigenvalue weighted by Crippen LogP contribution is -2.61. The quantitative estimate of drug-likeness (QED) is 0.766. The van der Waals surface area contributed by atoms with Crippen LogP contribution in [-0.2, 0) is 9.47 Å². The first-order valence-electron chi connectivity index (χ1n) is 7.65. The molecule has 0 aromatic rings. The van der Waals surface area contributed by atoms with Crippen LogP contribution >= 0.6 is 0 Å². The van der Waals surface area contributed by atoms with Crippen molar-refractivity contribution in [2.45, 2.75) is 76.7 Å². The van der Waals surface area contributed by atoms with Crippen molar-refractivity contribution in [3.8, 4) is 0 Å². The van der Waals surface area contributed by atoms with E-state index in [1.54, 1.807) is 7.11 Å². The first-order chi connectivity index (χ1) is 8.74. The van der Waals surface area contributed by atoms with Crippen LogP contribution in [0.5, 0.6) is 0 Å². The molecule has 106 valence electrons. The maximum atomic E-state index is 5.68. The predicted octanol–water partition coefficient (Wildman–Crippen LogP) is 2.74. The Labute approximate surface area is 112 Å². The number of hydrogen-bond donors (Lipinski definition) is 1. The van der Waals surface area contributed by atoms with E-state index in [-0.39, 0.29) is 6.10 Å². The molecule has 0 saturated heterocycles. The highest BCUT2D eigenvalue weighted by atomic mass is 16.5. The molecule has 0 aromatic heterocycles. The van der Waals surface area contributed by atoms with Crippen LogP contribution in [0.15, 0.2) is 0 Å². The van der Waals surface area contributed by atoms with Gasteiger partial charge in [0.25, 0.3) is 0 Å². The van der Waals surface area contributed by atoms with Gasteiger partial charge in [-0.05, 0) is 38.5 Å². The van der Waals surface area contributed by atoms with Gasteiger partial charge in [-0.3, -0.25) is 0 Å². The van der Waals surface area contributed by atoms with E-state index in [0.717, 1.165) is 18.9 Å². The highest BCUT2D eigenvalue weighted by molar-refractivity contribution is 4.98. The molecule has 0 amide bonds. The van der Waals surface area contributed by atoms with Crippen molar-refractivity contribution < 1.29 is 9.47 Å². The Balaban J connectivity index is 1.76. The van der Waals surface area contributed by atoms with E-state index < -0.39 is 0 Å². The third-order valence-corrected chi connectivity index (χ3v) is 4.61. The largest absolute Gasteiger partial charge is 0.377 e. The minimum Gasteiger partial charge on any atom is -0.377 e. The summed E-state index contributed by atoms with van der Waals surface area (Å²) >= 11 is 0. The maximum Gasteiger partial charge on any atom is 0.0986 e. The second-order valence-corrected chi connectivity index (χ2v) is 6.01. The van der Waals surface area contributed by atoms with E-state index in [1.807, 2.05) is 0 Å². The van der Waals surface area contributed by atoms with Crippen molar-refractivity contribution in [2.75, 3.05) is 13.7 Å². The lowest BCUT2D eigenvalue weighted by molar-refractivity contribution is -0.133. The summed E-state index contributed by atoms with van der Waals surface area (Å²) in [5, 5.41) is 3.80. The summed E-state index contributed by atoms with van der Waals surface area (Å²) in [7, 11) is 1.81. The standard InChI is InChI=1S/C15H29NO2/c1-4-18-14-10-13(15(14)17-3)16-12-7-5-6-11(2)8-9-12/h11-16H,4-10H2,1-3H3. The molecule has 2 rings (SSSR count). The van der Waals surface area contributed by atoms with Crippen LogP contribution in [0.25, 0.3) is 0 Å². The molecule has 1 N–H and O–H groups in total. The Morgan fingerprint density at radius 3 is 2.72 bits per heavy atom. The average molecular weight is 255 g/mol. The highest BCUT2D eigenvalue weighted by Gasteiger charge is 2.42. The zero-order valence-electron chi connectivity index (χ0n) is 12.2. The first kappa shape index (κ1) is 14.3. The van der Waals surface area contributed by atoms with Gasteiger partial charge in [0, 0.05) is 25.8 Å². The second-order valence-electron chi connectivity index (χ2n) is 6.01. The Bertz CT molecular complexity index is 247. The topological polar surface area (TPSA) is 30.5 Å². The van der Waals surface area contributed by atoms with Gasteiger partial charge in [0.1, 0.15) is 0 Å². The van der Waals surface area contributed by atoms with E-state index in [1.165, 1.54) is 32.1 Å². The van der Waals surface area contributed by atoms with Crippen LogP contribution in [0.3, 0.4) is 0 Å². The van der Waals surface area contributed by atoms with Crippen molar-refractivity contribution in [3.05, 3.63) is 0 Å². The number of ether oxygens (including phenoxy) is 2. The van der Waals surface area contributed by atoms with Crippen LogP contribution in [0.4, 0.5) is 0 Å². The first-order valence-corrected chi connectivity index (χ1v) is 7.65. The molecule has 2 aliphatic rings. The lowest BCUT2D eigenvalue weighted by Gasteiger charge is -2.45. The Kier molecular flexibility index (Phi) is 5.46. The lowest BCUT2D eigenvalue weighted by atomic mass is 9.84. The molecule has 3 nitrogen and oxygen atoms in total. The summed E-state index contributed by atoms with van der Waals surface area (Å²) in [5.74, 6) is 0.910. The second kappa shape index (κ2) is 6.88. The van der Waals surface area contributed by atoms with Crippen LogP contribution in [0.1, 0.15) is 52.4 Å². The molecule has 0 aromatic carbocycles. The number of methoxy groups -OCH3 is 1. The molecule has 2 aliphatic carbocycles. The minimum absolute atomic E-state index is 0.255. The number of nitrogens with one attached hydrogen (secondary N) is 1. The van der Waals surface area contributed by atoms with E-state index in [0.29, 0.717) is 18.2 Å². The van der Waals surface area contributed by atoms with E-state index in [4.69, 9.17) is 9.47 Å². The fourth-order valence-corrected chi connectivity index (χ4v) is 3.39. The smallest absolute Gasteiger partial charge is 0.0986 e. The van der Waals surface area contributed by atoms with Crippen LogP contribution in [0, 0.1) is 5.92 Å². The Morgan fingerprint density at radius 1 is 1.17 bits per heavy atom. The Morgan fingerprint density at radius 2 is 2.00 bits per heavy atom. The van der Waals surface area contributed by atoms with Gasteiger partial charge < -0.3 is 14.8 Å². The fraction of sp³-hybridized carbons (Fsp3) is 1.00. The van der Waals surface area contributed by atoms with Gasteiger partial charge in [0.15, 0.2) is 0 Å². The third-order valence-electron chi connectivity index (χ3n) is 4.61. The molecule has 3 heteroatoms. The van der Waals surface area contributed by atoms with Gasteiger partial charge in [-0.2, -0.15) is 0 Å². The normalized spacial score (nSPS) is 41.2. The van der Waals surface area contributed by atoms with Gasteiger partial charge >= 0.3 is 0 Å². The molecule has 2 fully saturated rings. The monoisotopic (exact) mass is 255 g/mol. The zero-order valence-corrected chi connectivity index (χ0v) is 12.2. The molecule has 0 spiro atoms. The minimum atomic E-state index is 0.255. The van der Waals surface area contributed by atoms with Gasteiger partial charge in [-0.25, -0.2) is 0 Å². The van der Waals surface area contributed by atoms with Gasteiger partial charge in [-0.1, -0.05) is 19.8 Å². The van der Waals surface area contributed by atoms with Gasteiger partial charge in [-0.15, -0.1) is 0 Å². The summed E-state index contributed by atoms with van der Waals surface area (Å²) in [6.45, 7) is 5.23. The van der Waals surface area contributed by atoms with Crippen LogP contribution < -0.4 is 5.32 Å². The molecular weight excluding hydrogens is 226 g/mol. The third kappa shape index (κ3) is 3.46. The highest BCUT2D eigenvalue weighted by Crippen LogP contribution is 2.29. The number of hydrogen-bond acceptors (Lipinski definition) is 3. The molecule has 5 atom stereocenters. The SMILES string of the molecule is CCOC1CC(NC2CCCC(C)CC2)C1OC. The molecule has 0 aliphatic heterocycles. The van der Waals surface area contributed by atoms with E-state index in [2.05, 4.69) is 19.2 Å². The molecule has 0 radical (unpaired) electrons. The van der Waals surface area contributed by atoms with E-state index in [9.17, 15) is 0 Å². The molecule has 0 bridgehead atoms. The van der Waals surface area contributed by atoms with Gasteiger partial charge in [0.2, 0.25) is 0 Å². The fourth-order valence-electron chi connectivity index (χ4n) is 3.39. The molecule has 18 heavy (non-hydrogen) atoms. The molecule has 2 saturated carbocycles. The van der Waals surface area contributed by atoms with Gasteiger partial charge in [0.05, 0.1) is 12.2 Å². The Hall–Kier alpha value is -0.120. The maximum absolute atomic E-state index is 5.68. The summed E-state index contributed by atoms with van der Waals surface area (Å²) in [5.41, 5.74) is 0. The van der Waals surface area contributed by atoms with E-state index >= 15 is 0 Å². The van der Waals surface area contributed by atoms with Crippen molar-refractivity contribution in [1.82, 2.24) is 5.32 Å². The van der Waals surface area contributed by atoms with Crippen molar-refractivity contribution in [2.24, 2.45) is 5.92 Å². The summed E-state index contributed by atoms with van der Waals surface area (Å²) < 4.78 is 11.2. The molecule has 0 heterocycles. The van der Waals surface area contributed by atoms with Crippen molar-refractivity contribution >= 4 is 0 Å². The summed E-state index contributed by atoms with van der Waals surface area (Å²) in [6, 6.07) is 1.20. The van der Waals surface area contributed by atoms with Crippen molar-refractivity contribution in [3.63, 3.8) is 0 Å². The summed E-state index contributed by atoms with van der Waals surface area (Å²) in [4.78, 5) is 0. The van der Waals surface area contributed by atoms with Crippen LogP contribution in [-0.4, -0.2) is 38.0 Å². The number of rotatable bonds is 5. The molecule has 5 unspecified atom stereocenters. The predicted molar refractivity (Wildman–Crippen MR) is 73.8 cm³/mol. The van der Waals surface area contributed by atoms with Crippen LogP contribution in [0.2, 0.25) is 0 Å². The summed E-state index contributed by atoms with van der Waals surface area (Å²) in [6.07, 6.45) is 8.48. The average Bonchev–Trinajstić information content (AvgIpc) is 2.53.